The van der Waals surface area contributed by atoms with E-state index in [1.165, 1.54) is 23.3 Å². The van der Waals surface area contributed by atoms with Gasteiger partial charge in [0.1, 0.15) is 5.52 Å². The van der Waals surface area contributed by atoms with Crippen LogP contribution in [-0.2, 0) is 6.18 Å². The molecular formula is C13H15F3N4S. The SMILES string of the molecule is CC1(CNc2nccn3nc(C(F)(F)F)cc23)CCCS1. The van der Waals surface area contributed by atoms with Gasteiger partial charge in [-0.25, -0.2) is 9.50 Å². The summed E-state index contributed by atoms with van der Waals surface area (Å²) in [7, 11) is 0. The number of nitrogens with one attached hydrogen (secondary N) is 1. The zero-order valence-electron chi connectivity index (χ0n) is 11.4. The molecule has 3 heterocycles. The Hall–Kier alpha value is -1.44. The molecule has 0 radical (unpaired) electrons. The largest absolute Gasteiger partial charge is 0.435 e. The molecule has 1 atom stereocenters. The molecule has 8 heteroatoms. The van der Waals surface area contributed by atoms with E-state index in [1.807, 2.05) is 11.8 Å². The summed E-state index contributed by atoms with van der Waals surface area (Å²) in [6.45, 7) is 2.84. The number of halogens is 3. The van der Waals surface area contributed by atoms with E-state index >= 15 is 0 Å². The van der Waals surface area contributed by atoms with Crippen LogP contribution in [0.3, 0.4) is 0 Å². The first-order valence-electron chi connectivity index (χ1n) is 6.67. The van der Waals surface area contributed by atoms with Gasteiger partial charge in [0.15, 0.2) is 11.5 Å². The third kappa shape index (κ3) is 2.95. The lowest BCUT2D eigenvalue weighted by Gasteiger charge is -2.23. The molecule has 1 aliphatic rings. The van der Waals surface area contributed by atoms with Gasteiger partial charge in [0.25, 0.3) is 0 Å². The molecule has 114 valence electrons. The fourth-order valence-electron chi connectivity index (χ4n) is 2.44. The van der Waals surface area contributed by atoms with Crippen molar-refractivity contribution >= 4 is 23.1 Å². The van der Waals surface area contributed by atoms with Crippen LogP contribution in [0.5, 0.6) is 0 Å². The van der Waals surface area contributed by atoms with Gasteiger partial charge in [-0.3, -0.25) is 0 Å². The van der Waals surface area contributed by atoms with Crippen molar-refractivity contribution in [2.45, 2.75) is 30.7 Å². The van der Waals surface area contributed by atoms with Crippen molar-refractivity contribution in [1.29, 1.82) is 0 Å². The maximum atomic E-state index is 12.7. The maximum Gasteiger partial charge on any atom is 0.435 e. The number of nitrogens with zero attached hydrogens (tertiary/aromatic N) is 3. The van der Waals surface area contributed by atoms with Gasteiger partial charge in [-0.2, -0.15) is 30.0 Å². The molecule has 3 rings (SSSR count). The average molecular weight is 316 g/mol. The molecule has 0 saturated carbocycles. The fraction of sp³-hybridized carbons (Fsp3) is 0.538. The molecule has 1 N–H and O–H groups in total. The second-order valence-corrected chi connectivity index (χ2v) is 7.07. The van der Waals surface area contributed by atoms with Crippen molar-refractivity contribution < 1.29 is 13.2 Å². The lowest BCUT2D eigenvalue weighted by atomic mass is 10.1. The standard InChI is InChI=1S/C13H15F3N4S/c1-12(3-2-6-21-12)8-18-11-9-7-10(13(14,15)16)19-20(9)5-4-17-11/h4-5,7H,2-3,6,8H2,1H3,(H,17,18). The first-order valence-corrected chi connectivity index (χ1v) is 7.65. The molecule has 2 aromatic rings. The van der Waals surface area contributed by atoms with Gasteiger partial charge in [0.05, 0.1) is 0 Å². The zero-order chi connectivity index (χ0) is 15.1. The smallest absolute Gasteiger partial charge is 0.367 e. The van der Waals surface area contributed by atoms with Crippen molar-refractivity contribution in [1.82, 2.24) is 14.6 Å². The quantitative estimate of drug-likeness (QED) is 0.942. The predicted molar refractivity (Wildman–Crippen MR) is 76.6 cm³/mol. The summed E-state index contributed by atoms with van der Waals surface area (Å²) in [4.78, 5) is 4.15. The van der Waals surface area contributed by atoms with Crippen LogP contribution in [0.1, 0.15) is 25.5 Å². The number of hydrogen-bond donors (Lipinski definition) is 1. The number of anilines is 1. The molecule has 0 spiro atoms. The lowest BCUT2D eigenvalue weighted by molar-refractivity contribution is -0.141. The average Bonchev–Trinajstić information content (AvgIpc) is 3.02. The van der Waals surface area contributed by atoms with E-state index in [4.69, 9.17) is 0 Å². The van der Waals surface area contributed by atoms with Crippen molar-refractivity contribution in [2.75, 3.05) is 17.6 Å². The molecule has 21 heavy (non-hydrogen) atoms. The van der Waals surface area contributed by atoms with Gasteiger partial charge in [-0.1, -0.05) is 0 Å². The highest BCUT2D eigenvalue weighted by Gasteiger charge is 2.34. The van der Waals surface area contributed by atoms with Gasteiger partial charge in [-0.15, -0.1) is 0 Å². The number of aromatic nitrogens is 3. The Morgan fingerprint density at radius 2 is 2.29 bits per heavy atom. The Morgan fingerprint density at radius 3 is 2.95 bits per heavy atom. The van der Waals surface area contributed by atoms with Crippen LogP contribution < -0.4 is 5.32 Å². The molecule has 2 aromatic heterocycles. The topological polar surface area (TPSA) is 42.2 Å². The number of rotatable bonds is 3. The van der Waals surface area contributed by atoms with Crippen molar-refractivity contribution in [3.8, 4) is 0 Å². The second-order valence-electron chi connectivity index (χ2n) is 5.39. The summed E-state index contributed by atoms with van der Waals surface area (Å²) in [6, 6.07) is 1.03. The first kappa shape index (κ1) is 14.5. The van der Waals surface area contributed by atoms with Gasteiger partial charge >= 0.3 is 6.18 Å². The molecule has 0 amide bonds. The molecule has 0 aromatic carbocycles. The van der Waals surface area contributed by atoms with Gasteiger partial charge < -0.3 is 5.32 Å². The summed E-state index contributed by atoms with van der Waals surface area (Å²) in [5.74, 6) is 1.56. The molecular weight excluding hydrogens is 301 g/mol. The van der Waals surface area contributed by atoms with E-state index in [-0.39, 0.29) is 4.75 Å². The number of fused-ring (bicyclic) bond motifs is 1. The fourth-order valence-corrected chi connectivity index (χ4v) is 3.69. The summed E-state index contributed by atoms with van der Waals surface area (Å²) in [6.07, 6.45) is 0.692. The van der Waals surface area contributed by atoms with Crippen LogP contribution in [0, 0.1) is 0 Å². The zero-order valence-corrected chi connectivity index (χ0v) is 12.3. The minimum atomic E-state index is -4.45. The molecule has 1 unspecified atom stereocenters. The predicted octanol–water partition coefficient (Wildman–Crippen LogP) is 3.45. The van der Waals surface area contributed by atoms with E-state index in [2.05, 4.69) is 22.3 Å². The summed E-state index contributed by atoms with van der Waals surface area (Å²) in [5.41, 5.74) is -0.559. The maximum absolute atomic E-state index is 12.7. The van der Waals surface area contributed by atoms with E-state index < -0.39 is 11.9 Å². The highest BCUT2D eigenvalue weighted by molar-refractivity contribution is 8.00. The molecule has 1 aliphatic heterocycles. The van der Waals surface area contributed by atoms with E-state index in [0.29, 0.717) is 17.9 Å². The highest BCUT2D eigenvalue weighted by Crippen LogP contribution is 2.38. The minimum absolute atomic E-state index is 0.112. The van der Waals surface area contributed by atoms with Gasteiger partial charge in [0, 0.05) is 29.8 Å². The summed E-state index contributed by atoms with van der Waals surface area (Å²) in [5, 5.41) is 6.72. The Bertz CT molecular complexity index is 646. The Morgan fingerprint density at radius 1 is 1.48 bits per heavy atom. The van der Waals surface area contributed by atoms with Gasteiger partial charge in [0.2, 0.25) is 0 Å². The van der Waals surface area contributed by atoms with Crippen LogP contribution in [0.25, 0.3) is 5.52 Å². The second kappa shape index (κ2) is 5.08. The number of alkyl halides is 3. The highest BCUT2D eigenvalue weighted by atomic mass is 32.2. The summed E-state index contributed by atoms with van der Waals surface area (Å²) >= 11 is 1.89. The van der Waals surface area contributed by atoms with Crippen molar-refractivity contribution in [3.63, 3.8) is 0 Å². The Kier molecular flexibility index (Phi) is 3.51. The summed E-state index contributed by atoms with van der Waals surface area (Å²) < 4.78 is 39.5. The van der Waals surface area contributed by atoms with E-state index in [1.54, 1.807) is 0 Å². The molecule has 0 aliphatic carbocycles. The van der Waals surface area contributed by atoms with Crippen LogP contribution >= 0.6 is 11.8 Å². The van der Waals surface area contributed by atoms with Crippen LogP contribution in [-0.4, -0.2) is 31.6 Å². The van der Waals surface area contributed by atoms with Crippen molar-refractivity contribution in [2.24, 2.45) is 0 Å². The van der Waals surface area contributed by atoms with E-state index in [0.717, 1.165) is 18.2 Å². The Labute approximate surface area is 124 Å². The minimum Gasteiger partial charge on any atom is -0.367 e. The van der Waals surface area contributed by atoms with Crippen molar-refractivity contribution in [3.05, 3.63) is 24.2 Å². The number of hydrogen-bond acceptors (Lipinski definition) is 4. The molecule has 0 bridgehead atoms. The van der Waals surface area contributed by atoms with Crippen LogP contribution in [0.15, 0.2) is 18.5 Å². The van der Waals surface area contributed by atoms with Gasteiger partial charge in [-0.05, 0) is 25.5 Å². The molecule has 1 saturated heterocycles. The lowest BCUT2D eigenvalue weighted by Crippen LogP contribution is -2.27. The molecule has 1 fully saturated rings. The monoisotopic (exact) mass is 316 g/mol. The molecule has 4 nitrogen and oxygen atoms in total. The third-order valence-corrected chi connectivity index (χ3v) is 5.15. The van der Waals surface area contributed by atoms with Crippen LogP contribution in [0.4, 0.5) is 19.0 Å². The Balaban J connectivity index is 1.86. The normalized spacial score (nSPS) is 22.9. The van der Waals surface area contributed by atoms with E-state index in [9.17, 15) is 13.2 Å². The number of thioether (sulfide) groups is 1. The van der Waals surface area contributed by atoms with Crippen LogP contribution in [0.2, 0.25) is 0 Å². The third-order valence-electron chi connectivity index (χ3n) is 3.61. The first-order chi connectivity index (χ1) is 9.87.